The van der Waals surface area contributed by atoms with Crippen molar-refractivity contribution in [1.29, 1.82) is 0 Å². The summed E-state index contributed by atoms with van der Waals surface area (Å²) in [5, 5.41) is 4.48. The van der Waals surface area contributed by atoms with Gasteiger partial charge in [0.05, 0.1) is 23.7 Å². The third-order valence-electron chi connectivity index (χ3n) is 7.94. The largest absolute Gasteiger partial charge is 0.497 e. The molecular formula is C33H24FN3O5S2. The Morgan fingerprint density at radius 1 is 0.909 bits per heavy atom. The van der Waals surface area contributed by atoms with E-state index in [0.717, 1.165) is 33.9 Å². The maximum atomic E-state index is 14.0. The molecule has 8 nitrogen and oxygen atoms in total. The molecule has 1 fully saturated rings. The van der Waals surface area contributed by atoms with Gasteiger partial charge in [0, 0.05) is 16.5 Å². The number of fused-ring (bicyclic) bond motifs is 3. The summed E-state index contributed by atoms with van der Waals surface area (Å²) >= 11 is 2.07. The number of thioether (sulfide) groups is 1. The molecule has 11 heteroatoms. The van der Waals surface area contributed by atoms with E-state index in [1.54, 1.807) is 42.5 Å². The summed E-state index contributed by atoms with van der Waals surface area (Å²) in [6.07, 6.45) is 0. The van der Waals surface area contributed by atoms with Gasteiger partial charge in [-0.1, -0.05) is 65.6 Å². The van der Waals surface area contributed by atoms with Crippen LogP contribution < -0.4 is 19.8 Å². The fourth-order valence-electron chi connectivity index (χ4n) is 5.88. The van der Waals surface area contributed by atoms with Crippen molar-refractivity contribution in [2.75, 3.05) is 17.3 Å². The fraction of sp³-hybridized carbons (Fsp3) is 0.152. The number of thiazole rings is 1. The average molecular weight is 626 g/mol. The Balaban J connectivity index is 1.25. The molecule has 1 saturated heterocycles. The van der Waals surface area contributed by atoms with Crippen LogP contribution in [-0.2, 0) is 20.9 Å². The van der Waals surface area contributed by atoms with E-state index in [-0.39, 0.29) is 11.4 Å². The predicted octanol–water partition coefficient (Wildman–Crippen LogP) is 5.65. The zero-order chi connectivity index (χ0) is 30.5. The number of rotatable bonds is 6. The molecule has 220 valence electrons. The van der Waals surface area contributed by atoms with Crippen LogP contribution in [0.25, 0.3) is 10.8 Å². The number of ether oxygens (including phenoxy) is 1. The van der Waals surface area contributed by atoms with Crippen LogP contribution in [0.3, 0.4) is 0 Å². The lowest BCUT2D eigenvalue weighted by Gasteiger charge is -2.30. The molecule has 5 aromatic rings. The van der Waals surface area contributed by atoms with E-state index in [4.69, 9.17) is 4.74 Å². The minimum atomic E-state index is -0.851. The fourth-order valence-corrected chi connectivity index (χ4v) is 8.65. The van der Waals surface area contributed by atoms with Gasteiger partial charge < -0.3 is 10.1 Å². The number of carbonyl (C=O) groups excluding carboxylic acids is 3. The van der Waals surface area contributed by atoms with Gasteiger partial charge >= 0.3 is 4.87 Å². The number of methoxy groups -OCH3 is 1. The zero-order valence-corrected chi connectivity index (χ0v) is 24.9. The van der Waals surface area contributed by atoms with E-state index in [1.165, 1.54) is 28.7 Å². The van der Waals surface area contributed by atoms with Gasteiger partial charge in [-0.2, -0.15) is 0 Å². The summed E-state index contributed by atoms with van der Waals surface area (Å²) in [4.78, 5) is 55.8. The van der Waals surface area contributed by atoms with Crippen LogP contribution in [0.1, 0.15) is 16.4 Å². The molecular weight excluding hydrogens is 602 g/mol. The number of halogens is 1. The van der Waals surface area contributed by atoms with Crippen LogP contribution in [0, 0.1) is 11.7 Å². The normalized spacial score (nSPS) is 19.1. The van der Waals surface area contributed by atoms with Gasteiger partial charge in [-0.3, -0.25) is 23.7 Å². The van der Waals surface area contributed by atoms with Gasteiger partial charge in [0.2, 0.25) is 17.7 Å². The molecule has 0 bridgehead atoms. The maximum absolute atomic E-state index is 14.0. The second-order valence-electron chi connectivity index (χ2n) is 10.5. The Bertz CT molecular complexity index is 2010. The molecule has 2 aliphatic rings. The van der Waals surface area contributed by atoms with Crippen molar-refractivity contribution in [2.24, 2.45) is 5.92 Å². The van der Waals surface area contributed by atoms with E-state index in [0.29, 0.717) is 32.6 Å². The van der Waals surface area contributed by atoms with Crippen molar-refractivity contribution in [3.05, 3.63) is 117 Å². The average Bonchev–Trinajstić information content (AvgIpc) is 3.47. The highest BCUT2D eigenvalue weighted by Gasteiger charge is 2.56. The van der Waals surface area contributed by atoms with Gasteiger partial charge in [-0.15, -0.1) is 0 Å². The SMILES string of the molecule is COc1ccc(N2C(=O)C3Sc4c(sc(=O)n4CC(=O)Nc4ccc5ccccc5c4)[C@H](c4ccc(F)cc4)C3C2=O)cc1. The lowest BCUT2D eigenvalue weighted by Crippen LogP contribution is -2.33. The first-order valence-electron chi connectivity index (χ1n) is 13.8. The summed E-state index contributed by atoms with van der Waals surface area (Å²) < 4.78 is 20.5. The molecule has 3 amide bonds. The summed E-state index contributed by atoms with van der Waals surface area (Å²) in [5.74, 6) is -2.60. The number of amides is 3. The molecule has 2 aliphatic heterocycles. The number of benzene rings is 4. The highest BCUT2D eigenvalue weighted by Crippen LogP contribution is 2.54. The molecule has 7 rings (SSSR count). The van der Waals surface area contributed by atoms with E-state index in [2.05, 4.69) is 5.32 Å². The van der Waals surface area contributed by atoms with Crippen LogP contribution in [0.4, 0.5) is 15.8 Å². The lowest BCUT2D eigenvalue weighted by atomic mass is 9.83. The van der Waals surface area contributed by atoms with Gasteiger partial charge in [0.15, 0.2) is 0 Å². The van der Waals surface area contributed by atoms with Crippen LogP contribution >= 0.6 is 23.1 Å². The molecule has 0 aliphatic carbocycles. The van der Waals surface area contributed by atoms with E-state index >= 15 is 0 Å². The summed E-state index contributed by atoms with van der Waals surface area (Å²) in [7, 11) is 1.53. The Morgan fingerprint density at radius 3 is 2.36 bits per heavy atom. The topological polar surface area (TPSA) is 97.7 Å². The molecule has 0 saturated carbocycles. The minimum absolute atomic E-state index is 0.275. The quantitative estimate of drug-likeness (QED) is 0.245. The number of hydrogen-bond donors (Lipinski definition) is 1. The molecule has 3 atom stereocenters. The first-order valence-corrected chi connectivity index (χ1v) is 15.5. The van der Waals surface area contributed by atoms with Crippen LogP contribution in [0.15, 0.2) is 101 Å². The molecule has 1 N–H and O–H groups in total. The standard InChI is InChI=1S/C33H24FN3O5S2/c1-42-24-14-12-23(13-15-24)37-30(39)27-26(19-6-9-21(34)10-7-19)29-32(43-28(27)31(37)40)36(33(41)44-29)17-25(38)35-22-11-8-18-4-2-3-5-20(18)16-22/h2-16,26-28H,17H2,1H3,(H,35,38)/t26-,27?,28?/m1/s1. The van der Waals surface area contributed by atoms with Crippen molar-refractivity contribution in [3.8, 4) is 5.75 Å². The second kappa shape index (κ2) is 11.1. The lowest BCUT2D eigenvalue weighted by molar-refractivity contribution is -0.122. The number of anilines is 2. The maximum Gasteiger partial charge on any atom is 0.308 e. The van der Waals surface area contributed by atoms with Crippen molar-refractivity contribution < 1.29 is 23.5 Å². The highest BCUT2D eigenvalue weighted by molar-refractivity contribution is 8.00. The summed E-state index contributed by atoms with van der Waals surface area (Å²) in [6.45, 7) is -0.275. The summed E-state index contributed by atoms with van der Waals surface area (Å²) in [6, 6.07) is 25.7. The van der Waals surface area contributed by atoms with Gasteiger partial charge in [-0.05, 0) is 64.9 Å². The Kier molecular flexibility index (Phi) is 7.06. The molecule has 0 radical (unpaired) electrons. The van der Waals surface area contributed by atoms with Crippen molar-refractivity contribution in [1.82, 2.24) is 4.57 Å². The third-order valence-corrected chi connectivity index (χ3v) is 10.5. The van der Waals surface area contributed by atoms with E-state index in [1.807, 2.05) is 36.4 Å². The first-order chi connectivity index (χ1) is 21.3. The van der Waals surface area contributed by atoms with Crippen molar-refractivity contribution >= 4 is 63.0 Å². The van der Waals surface area contributed by atoms with Gasteiger partial charge in [0.1, 0.15) is 23.4 Å². The summed E-state index contributed by atoms with van der Waals surface area (Å²) in [5.41, 5.74) is 1.60. The number of carbonyl (C=O) groups is 3. The van der Waals surface area contributed by atoms with Crippen LogP contribution in [-0.4, -0.2) is 34.6 Å². The highest BCUT2D eigenvalue weighted by atomic mass is 32.2. The van der Waals surface area contributed by atoms with Gasteiger partial charge in [0.25, 0.3) is 0 Å². The molecule has 1 aromatic heterocycles. The van der Waals surface area contributed by atoms with E-state index < -0.39 is 40.6 Å². The third kappa shape index (κ3) is 4.78. The predicted molar refractivity (Wildman–Crippen MR) is 168 cm³/mol. The first kappa shape index (κ1) is 28.1. The number of nitrogens with one attached hydrogen (secondary N) is 1. The van der Waals surface area contributed by atoms with Gasteiger partial charge in [-0.25, -0.2) is 9.29 Å². The molecule has 3 heterocycles. The van der Waals surface area contributed by atoms with E-state index in [9.17, 15) is 23.6 Å². The Morgan fingerprint density at radius 2 is 1.64 bits per heavy atom. The van der Waals surface area contributed by atoms with Crippen molar-refractivity contribution in [2.45, 2.75) is 22.7 Å². The Hall–Kier alpha value is -4.74. The molecule has 2 unspecified atom stereocenters. The van der Waals surface area contributed by atoms with Crippen molar-refractivity contribution in [3.63, 3.8) is 0 Å². The number of imide groups is 1. The number of hydrogen-bond acceptors (Lipinski definition) is 7. The minimum Gasteiger partial charge on any atom is -0.497 e. The molecule has 4 aromatic carbocycles. The smallest absolute Gasteiger partial charge is 0.308 e. The molecule has 44 heavy (non-hydrogen) atoms. The second-order valence-corrected chi connectivity index (χ2v) is 12.7. The van der Waals surface area contributed by atoms with Crippen LogP contribution in [0.5, 0.6) is 5.75 Å². The molecule has 0 spiro atoms. The van der Waals surface area contributed by atoms with Crippen LogP contribution in [0.2, 0.25) is 0 Å². The Labute approximate surface area is 259 Å². The number of aromatic nitrogens is 1. The zero-order valence-electron chi connectivity index (χ0n) is 23.2. The monoisotopic (exact) mass is 625 g/mol. The number of nitrogens with zero attached hydrogens (tertiary/aromatic N) is 2.